The fraction of sp³-hybridized carbons (Fsp3) is 0.235. The van der Waals surface area contributed by atoms with Crippen molar-refractivity contribution in [3.8, 4) is 5.75 Å². The second kappa shape index (κ2) is 6.36. The van der Waals surface area contributed by atoms with Crippen LogP contribution in [0.5, 0.6) is 5.75 Å². The zero-order valence-electron chi connectivity index (χ0n) is 11.7. The van der Waals surface area contributed by atoms with E-state index < -0.39 is 0 Å². The van der Waals surface area contributed by atoms with Gasteiger partial charge in [-0.3, -0.25) is 4.79 Å². The van der Waals surface area contributed by atoms with Crippen molar-refractivity contribution >= 4 is 17.6 Å². The molecular formula is C17H14ClFO3. The fourth-order valence-electron chi connectivity index (χ4n) is 2.41. The van der Waals surface area contributed by atoms with Gasteiger partial charge in [-0.25, -0.2) is 4.39 Å². The first kappa shape index (κ1) is 14.9. The minimum Gasteiger partial charge on any atom is -0.492 e. The van der Waals surface area contributed by atoms with E-state index in [2.05, 4.69) is 0 Å². The summed E-state index contributed by atoms with van der Waals surface area (Å²) in [6.07, 6.45) is 0.526. The first-order valence-electron chi connectivity index (χ1n) is 6.94. The Kier molecular flexibility index (Phi) is 4.29. The zero-order chi connectivity index (χ0) is 15.5. The van der Waals surface area contributed by atoms with Crippen LogP contribution in [0.15, 0.2) is 42.5 Å². The maximum atomic E-state index is 13.1. The first-order valence-corrected chi connectivity index (χ1v) is 7.32. The molecule has 0 saturated heterocycles. The zero-order valence-corrected chi connectivity index (χ0v) is 12.5. The van der Waals surface area contributed by atoms with Gasteiger partial charge in [0, 0.05) is 5.02 Å². The number of halogens is 2. The van der Waals surface area contributed by atoms with Gasteiger partial charge in [-0.15, -0.1) is 0 Å². The van der Waals surface area contributed by atoms with Crippen molar-refractivity contribution in [3.05, 3.63) is 64.4 Å². The lowest BCUT2D eigenvalue weighted by Gasteiger charge is -2.24. The molecule has 2 aromatic carbocycles. The van der Waals surface area contributed by atoms with Gasteiger partial charge in [0.1, 0.15) is 24.8 Å². The predicted octanol–water partition coefficient (Wildman–Crippen LogP) is 3.77. The number of carbonyl (C=O) groups is 1. The molecule has 114 valence electrons. The predicted molar refractivity (Wildman–Crippen MR) is 80.3 cm³/mol. The normalized spacial score (nSPS) is 16.5. The number of carbonyl (C=O) groups excluding carboxylic acids is 1. The minimum atomic E-state index is -0.375. The van der Waals surface area contributed by atoms with Crippen LogP contribution >= 0.6 is 11.6 Å². The van der Waals surface area contributed by atoms with Gasteiger partial charge in [0.05, 0.1) is 5.92 Å². The molecule has 1 heterocycles. The van der Waals surface area contributed by atoms with Gasteiger partial charge in [0.2, 0.25) is 0 Å². The average molecular weight is 321 g/mol. The molecule has 0 saturated carbocycles. The Bertz CT molecular complexity index is 702. The Morgan fingerprint density at radius 2 is 2.18 bits per heavy atom. The average Bonchev–Trinajstić information content (AvgIpc) is 2.52. The van der Waals surface area contributed by atoms with E-state index >= 15 is 0 Å². The summed E-state index contributed by atoms with van der Waals surface area (Å²) in [5.41, 5.74) is 1.51. The van der Waals surface area contributed by atoms with Gasteiger partial charge in [-0.2, -0.15) is 0 Å². The second-order valence-electron chi connectivity index (χ2n) is 5.20. The maximum Gasteiger partial charge on any atom is 0.313 e. The van der Waals surface area contributed by atoms with Gasteiger partial charge in [-0.1, -0.05) is 23.7 Å². The monoisotopic (exact) mass is 320 g/mol. The molecule has 3 nitrogen and oxygen atoms in total. The summed E-state index contributed by atoms with van der Waals surface area (Å²) in [4.78, 5) is 12.1. The van der Waals surface area contributed by atoms with E-state index in [9.17, 15) is 9.18 Å². The van der Waals surface area contributed by atoms with Crippen LogP contribution < -0.4 is 4.74 Å². The highest BCUT2D eigenvalue weighted by atomic mass is 35.5. The van der Waals surface area contributed by atoms with E-state index in [1.54, 1.807) is 30.3 Å². The minimum absolute atomic E-state index is 0.0511. The number of fused-ring (bicyclic) bond motifs is 1. The molecule has 0 aliphatic carbocycles. The Balaban J connectivity index is 1.62. The molecule has 2 aromatic rings. The van der Waals surface area contributed by atoms with Gasteiger partial charge < -0.3 is 9.47 Å². The molecule has 0 radical (unpaired) electrons. The Labute approximate surface area is 132 Å². The lowest BCUT2D eigenvalue weighted by molar-refractivity contribution is -0.151. The van der Waals surface area contributed by atoms with Gasteiger partial charge in [-0.05, 0) is 47.9 Å². The quantitative estimate of drug-likeness (QED) is 0.808. The van der Waals surface area contributed by atoms with Crippen molar-refractivity contribution in [3.63, 3.8) is 0 Å². The third-order valence-electron chi connectivity index (χ3n) is 3.53. The molecule has 22 heavy (non-hydrogen) atoms. The molecule has 0 unspecified atom stereocenters. The molecule has 1 aliphatic heterocycles. The third-order valence-corrected chi connectivity index (χ3v) is 3.77. The summed E-state index contributed by atoms with van der Waals surface area (Å²) >= 11 is 5.95. The van der Waals surface area contributed by atoms with E-state index in [1.807, 2.05) is 0 Å². The molecule has 0 aromatic heterocycles. The molecule has 1 atom stereocenters. The molecule has 5 heteroatoms. The lowest BCUT2D eigenvalue weighted by Crippen LogP contribution is -2.29. The van der Waals surface area contributed by atoms with Crippen molar-refractivity contribution in [1.82, 2.24) is 0 Å². The number of hydrogen-bond donors (Lipinski definition) is 0. The number of benzene rings is 2. The summed E-state index contributed by atoms with van der Waals surface area (Å²) in [5, 5.41) is 0.608. The van der Waals surface area contributed by atoms with E-state index in [1.165, 1.54) is 12.1 Å². The van der Waals surface area contributed by atoms with Crippen LogP contribution in [0.3, 0.4) is 0 Å². The SMILES string of the molecule is O=C(OCc1cccc(F)c1)[C@H]1COc2ccc(Cl)cc2C1. The molecular weight excluding hydrogens is 307 g/mol. The molecule has 0 bridgehead atoms. The highest BCUT2D eigenvalue weighted by molar-refractivity contribution is 6.30. The van der Waals surface area contributed by atoms with Crippen molar-refractivity contribution in [1.29, 1.82) is 0 Å². The van der Waals surface area contributed by atoms with Gasteiger partial charge >= 0.3 is 5.97 Å². The van der Waals surface area contributed by atoms with Gasteiger partial charge in [0.25, 0.3) is 0 Å². The highest BCUT2D eigenvalue weighted by Crippen LogP contribution is 2.30. The van der Waals surface area contributed by atoms with Gasteiger partial charge in [0.15, 0.2) is 0 Å². The van der Waals surface area contributed by atoms with Crippen LogP contribution in [-0.4, -0.2) is 12.6 Å². The summed E-state index contributed by atoms with van der Waals surface area (Å²) in [6.45, 7) is 0.326. The summed E-state index contributed by atoms with van der Waals surface area (Å²) in [7, 11) is 0. The summed E-state index contributed by atoms with van der Waals surface area (Å²) in [5.74, 6) is -0.328. The standard InChI is InChI=1S/C17H14ClFO3/c18-14-4-5-16-12(8-14)7-13(10-21-16)17(20)22-9-11-2-1-3-15(19)6-11/h1-6,8,13H,7,9-10H2/t13-/m1/s1. The van der Waals surface area contributed by atoms with Crippen molar-refractivity contribution in [2.24, 2.45) is 5.92 Å². The topological polar surface area (TPSA) is 35.5 Å². The van der Waals surface area contributed by atoms with Crippen LogP contribution in [0.4, 0.5) is 4.39 Å². The van der Waals surface area contributed by atoms with E-state index in [0.29, 0.717) is 17.0 Å². The largest absolute Gasteiger partial charge is 0.492 e. The summed E-state index contributed by atoms with van der Waals surface area (Å²) in [6, 6.07) is 11.3. The van der Waals surface area contributed by atoms with E-state index in [0.717, 1.165) is 11.3 Å². The van der Waals surface area contributed by atoms with Crippen LogP contribution in [0.1, 0.15) is 11.1 Å². The highest BCUT2D eigenvalue weighted by Gasteiger charge is 2.27. The van der Waals surface area contributed by atoms with Crippen LogP contribution in [0.2, 0.25) is 5.02 Å². The third kappa shape index (κ3) is 3.39. The Morgan fingerprint density at radius 3 is 3.00 bits per heavy atom. The number of ether oxygens (including phenoxy) is 2. The number of rotatable bonds is 3. The molecule has 0 amide bonds. The van der Waals surface area contributed by atoms with Crippen molar-refractivity contribution in [2.75, 3.05) is 6.61 Å². The van der Waals surface area contributed by atoms with E-state index in [4.69, 9.17) is 21.1 Å². The molecule has 0 spiro atoms. The second-order valence-corrected chi connectivity index (χ2v) is 5.64. The van der Waals surface area contributed by atoms with Crippen molar-refractivity contribution in [2.45, 2.75) is 13.0 Å². The first-order chi connectivity index (χ1) is 10.6. The van der Waals surface area contributed by atoms with Crippen molar-refractivity contribution < 1.29 is 18.7 Å². The van der Waals surface area contributed by atoms with Crippen LogP contribution in [-0.2, 0) is 22.6 Å². The maximum absolute atomic E-state index is 13.1. The summed E-state index contributed by atoms with van der Waals surface area (Å²) < 4.78 is 23.9. The van der Waals surface area contributed by atoms with E-state index in [-0.39, 0.29) is 30.9 Å². The van der Waals surface area contributed by atoms with Crippen LogP contribution in [0, 0.1) is 11.7 Å². The lowest BCUT2D eigenvalue weighted by atomic mass is 9.97. The molecule has 0 N–H and O–H groups in total. The number of esters is 1. The van der Waals surface area contributed by atoms with Crippen LogP contribution in [0.25, 0.3) is 0 Å². The molecule has 0 fully saturated rings. The smallest absolute Gasteiger partial charge is 0.313 e. The Morgan fingerprint density at radius 1 is 1.32 bits per heavy atom. The molecule has 3 rings (SSSR count). The Hall–Kier alpha value is -2.07. The number of hydrogen-bond acceptors (Lipinski definition) is 3. The molecule has 1 aliphatic rings. The fourth-order valence-corrected chi connectivity index (χ4v) is 2.61.